The first kappa shape index (κ1) is 29.7. The second kappa shape index (κ2) is 12.6. The zero-order valence-corrected chi connectivity index (χ0v) is 24.7. The number of allylic oxidation sites excluding steroid dienone is 2. The van der Waals surface area contributed by atoms with Crippen LogP contribution in [0.2, 0.25) is 0 Å². The van der Waals surface area contributed by atoms with Crippen LogP contribution in [0.1, 0.15) is 54.0 Å². The molecule has 43 heavy (non-hydrogen) atoms. The Morgan fingerprint density at radius 1 is 1.12 bits per heavy atom. The highest BCUT2D eigenvalue weighted by molar-refractivity contribution is 6.05. The summed E-state index contributed by atoms with van der Waals surface area (Å²) in [5, 5.41) is 2.70. The van der Waals surface area contributed by atoms with Crippen LogP contribution in [-0.4, -0.2) is 41.3 Å². The summed E-state index contributed by atoms with van der Waals surface area (Å²) in [4.78, 5) is 36.1. The van der Waals surface area contributed by atoms with Crippen LogP contribution in [0.25, 0.3) is 16.6 Å². The van der Waals surface area contributed by atoms with E-state index in [1.807, 2.05) is 31.4 Å². The summed E-state index contributed by atoms with van der Waals surface area (Å²) in [5.74, 6) is -0.583. The Morgan fingerprint density at radius 2 is 1.93 bits per heavy atom. The van der Waals surface area contributed by atoms with Crippen molar-refractivity contribution < 1.29 is 28.1 Å². The highest BCUT2D eigenvalue weighted by Gasteiger charge is 2.27. The van der Waals surface area contributed by atoms with E-state index in [4.69, 9.17) is 18.9 Å². The summed E-state index contributed by atoms with van der Waals surface area (Å²) in [6.07, 6.45) is 4.93. The van der Waals surface area contributed by atoms with E-state index in [0.717, 1.165) is 23.8 Å². The highest BCUT2D eigenvalue weighted by atomic mass is 19.1. The van der Waals surface area contributed by atoms with Gasteiger partial charge in [0.2, 0.25) is 5.43 Å². The summed E-state index contributed by atoms with van der Waals surface area (Å²) < 4.78 is 39.3. The van der Waals surface area contributed by atoms with Crippen molar-refractivity contribution in [1.29, 1.82) is 0 Å². The zero-order valence-electron chi connectivity index (χ0n) is 24.7. The minimum Gasteiger partial charge on any atom is -0.491 e. The van der Waals surface area contributed by atoms with Crippen molar-refractivity contribution >= 4 is 28.2 Å². The molecule has 0 saturated heterocycles. The lowest BCUT2D eigenvalue weighted by Crippen LogP contribution is -2.34. The van der Waals surface area contributed by atoms with Crippen molar-refractivity contribution in [2.45, 2.75) is 46.8 Å². The molecule has 0 saturated carbocycles. The normalized spacial score (nSPS) is 13.0. The molecule has 11 heteroatoms. The van der Waals surface area contributed by atoms with E-state index in [1.165, 1.54) is 32.5 Å². The third kappa shape index (κ3) is 5.68. The van der Waals surface area contributed by atoms with Crippen molar-refractivity contribution in [3.05, 3.63) is 81.2 Å². The fourth-order valence-electron chi connectivity index (χ4n) is 5.31. The molecule has 1 aliphatic rings. The minimum atomic E-state index is -0.728. The first-order chi connectivity index (χ1) is 20.8. The average Bonchev–Trinajstić information content (AvgIpc) is 3.01. The first-order valence-electron chi connectivity index (χ1n) is 14.0. The number of rotatable bonds is 9. The molecule has 1 N–H and O–H groups in total. The largest absolute Gasteiger partial charge is 0.491 e. The number of hydrogen-bond acceptors (Lipinski definition) is 8. The number of pyridine rings is 3. The molecule has 0 spiro atoms. The Morgan fingerprint density at radius 3 is 2.63 bits per heavy atom. The number of ether oxygens (including phenoxy) is 4. The van der Waals surface area contributed by atoms with Crippen LogP contribution in [-0.2, 0) is 17.9 Å². The number of carbonyl (C=O) groups excluding carboxylic acids is 1. The van der Waals surface area contributed by atoms with Gasteiger partial charge in [-0.2, -0.15) is 0 Å². The summed E-state index contributed by atoms with van der Waals surface area (Å²) in [7, 11) is 2.95. The molecule has 10 nitrogen and oxygen atoms in total. The smallest absolute Gasteiger partial charge is 0.261 e. The predicted octanol–water partition coefficient (Wildman–Crippen LogP) is 6.03. The summed E-state index contributed by atoms with van der Waals surface area (Å²) in [5.41, 5.74) is 3.35. The Kier molecular flexibility index (Phi) is 8.72. The van der Waals surface area contributed by atoms with Gasteiger partial charge in [-0.05, 0) is 37.5 Å². The zero-order chi connectivity index (χ0) is 30.7. The summed E-state index contributed by atoms with van der Waals surface area (Å²) in [6, 6.07) is 7.23. The fraction of sp³-hybridized carbons (Fsp3) is 0.312. The van der Waals surface area contributed by atoms with Gasteiger partial charge < -0.3 is 28.8 Å². The van der Waals surface area contributed by atoms with Gasteiger partial charge in [-0.25, -0.2) is 9.37 Å². The Hall–Kier alpha value is -4.77. The van der Waals surface area contributed by atoms with Crippen LogP contribution in [0.5, 0.6) is 23.1 Å². The van der Waals surface area contributed by atoms with Crippen LogP contribution in [0.15, 0.2) is 47.4 Å². The van der Waals surface area contributed by atoms with Gasteiger partial charge in [0.05, 0.1) is 38.6 Å². The lowest BCUT2D eigenvalue weighted by atomic mass is 9.96. The highest BCUT2D eigenvalue weighted by Crippen LogP contribution is 2.35. The minimum absolute atomic E-state index is 0.00445. The van der Waals surface area contributed by atoms with Gasteiger partial charge in [-0.3, -0.25) is 14.6 Å². The number of nitrogens with one attached hydrogen (secondary N) is 1. The van der Waals surface area contributed by atoms with Crippen molar-refractivity contribution in [1.82, 2.24) is 14.5 Å². The number of amides is 1. The molecule has 0 aliphatic carbocycles. The van der Waals surface area contributed by atoms with E-state index >= 15 is 4.39 Å². The lowest BCUT2D eigenvalue weighted by molar-refractivity contribution is 0.0800. The quantitative estimate of drug-likeness (QED) is 0.252. The SMILES string of the molecule is CC/C=C(\CC)c1c(C)n2c(c(C(=O)Nc3ccc(Oc4ccnc5cc(OC)c(OC)nc45)c(F)c3)c1=O)COCC2. The third-order valence-corrected chi connectivity index (χ3v) is 7.34. The molecule has 4 heterocycles. The van der Waals surface area contributed by atoms with E-state index in [9.17, 15) is 9.59 Å². The van der Waals surface area contributed by atoms with E-state index < -0.39 is 11.7 Å². The van der Waals surface area contributed by atoms with Crippen LogP contribution >= 0.6 is 0 Å². The third-order valence-electron chi connectivity index (χ3n) is 7.34. The van der Waals surface area contributed by atoms with Crippen LogP contribution < -0.4 is 25.0 Å². The van der Waals surface area contributed by atoms with E-state index in [-0.39, 0.29) is 40.7 Å². The number of aromatic nitrogens is 3. The molecular formula is C32H33FN4O6. The first-order valence-corrected chi connectivity index (χ1v) is 14.0. The van der Waals surface area contributed by atoms with Gasteiger partial charge in [0.15, 0.2) is 23.1 Å². The molecule has 1 amide bonds. The van der Waals surface area contributed by atoms with Crippen LogP contribution in [0.3, 0.4) is 0 Å². The fourth-order valence-corrected chi connectivity index (χ4v) is 5.31. The molecular weight excluding hydrogens is 555 g/mol. The summed E-state index contributed by atoms with van der Waals surface area (Å²) in [6.45, 7) is 7.02. The maximum absolute atomic E-state index is 15.3. The molecule has 0 bridgehead atoms. The molecule has 1 aromatic carbocycles. The number of methoxy groups -OCH3 is 2. The van der Waals surface area contributed by atoms with E-state index in [2.05, 4.69) is 15.3 Å². The van der Waals surface area contributed by atoms with Gasteiger partial charge in [0.1, 0.15) is 11.1 Å². The van der Waals surface area contributed by atoms with Crippen molar-refractivity contribution in [3.8, 4) is 23.1 Å². The molecule has 1 aliphatic heterocycles. The molecule has 224 valence electrons. The number of carbonyl (C=O) groups is 1. The maximum atomic E-state index is 15.3. The molecule has 0 atom stereocenters. The molecule has 4 aromatic rings. The molecule has 0 unspecified atom stereocenters. The number of fused-ring (bicyclic) bond motifs is 2. The van der Waals surface area contributed by atoms with Crippen molar-refractivity contribution in [3.63, 3.8) is 0 Å². The topological polar surface area (TPSA) is 114 Å². The molecule has 3 aromatic heterocycles. The predicted molar refractivity (Wildman–Crippen MR) is 161 cm³/mol. The van der Waals surface area contributed by atoms with Crippen LogP contribution in [0, 0.1) is 12.7 Å². The number of benzene rings is 1. The Labute approximate surface area is 248 Å². The van der Waals surface area contributed by atoms with E-state index in [0.29, 0.717) is 47.6 Å². The van der Waals surface area contributed by atoms with Crippen LogP contribution in [0.4, 0.5) is 10.1 Å². The van der Waals surface area contributed by atoms with Gasteiger partial charge in [-0.1, -0.05) is 19.9 Å². The second-order valence-corrected chi connectivity index (χ2v) is 9.88. The van der Waals surface area contributed by atoms with Gasteiger partial charge >= 0.3 is 0 Å². The van der Waals surface area contributed by atoms with Crippen molar-refractivity contribution in [2.24, 2.45) is 0 Å². The molecule has 0 radical (unpaired) electrons. The standard InChI is InChI=1S/C32H33FN4O6/c1-6-8-19(7-2)27-18(3)37-13-14-42-17-23(37)28(30(27)38)31(39)35-20-9-10-24(21(33)15-20)43-25-11-12-34-22-16-26(40-4)32(41-5)36-29(22)25/h8-12,15-16H,6-7,13-14,17H2,1-5H3,(H,35,39)/b19-8+. The number of hydrogen-bond donors (Lipinski definition) is 1. The monoisotopic (exact) mass is 588 g/mol. The number of nitrogens with zero attached hydrogens (tertiary/aromatic N) is 3. The molecule has 5 rings (SSSR count). The van der Waals surface area contributed by atoms with Crippen molar-refractivity contribution in [2.75, 3.05) is 26.1 Å². The van der Waals surface area contributed by atoms with Gasteiger partial charge in [-0.15, -0.1) is 0 Å². The average molecular weight is 589 g/mol. The number of halogens is 1. The Balaban J connectivity index is 1.47. The van der Waals surface area contributed by atoms with Gasteiger partial charge in [0, 0.05) is 47.9 Å². The lowest BCUT2D eigenvalue weighted by Gasteiger charge is -2.26. The maximum Gasteiger partial charge on any atom is 0.261 e. The number of anilines is 1. The van der Waals surface area contributed by atoms with Gasteiger partial charge in [0.25, 0.3) is 11.8 Å². The van der Waals surface area contributed by atoms with E-state index in [1.54, 1.807) is 12.1 Å². The summed E-state index contributed by atoms with van der Waals surface area (Å²) >= 11 is 0. The molecule has 0 fully saturated rings. The second-order valence-electron chi connectivity index (χ2n) is 9.88. The Bertz CT molecular complexity index is 1800.